The number of fused-ring (bicyclic) bond motifs is 1. The largest absolute Gasteiger partial charge is 0.397 e. The molecule has 6 nitrogen and oxygen atoms in total. The van der Waals surface area contributed by atoms with Crippen LogP contribution in [0.3, 0.4) is 0 Å². The number of primary amides is 1. The van der Waals surface area contributed by atoms with Gasteiger partial charge in [0, 0.05) is 24.5 Å². The predicted molar refractivity (Wildman–Crippen MR) is 135 cm³/mol. The Morgan fingerprint density at radius 2 is 1.94 bits per heavy atom. The maximum atomic E-state index is 12.0. The Morgan fingerprint density at radius 1 is 1.25 bits per heavy atom. The fourth-order valence-corrected chi connectivity index (χ4v) is 5.65. The van der Waals surface area contributed by atoms with Crippen LogP contribution < -0.4 is 22.1 Å². The third-order valence-corrected chi connectivity index (χ3v) is 7.62. The molecule has 1 aliphatic rings. The van der Waals surface area contributed by atoms with Crippen LogP contribution in [0.15, 0.2) is 30.3 Å². The molecule has 0 spiro atoms. The quantitative estimate of drug-likeness (QED) is 0.495. The van der Waals surface area contributed by atoms with Crippen molar-refractivity contribution in [1.29, 1.82) is 0 Å². The van der Waals surface area contributed by atoms with Gasteiger partial charge >= 0.3 is 0 Å². The summed E-state index contributed by atoms with van der Waals surface area (Å²) in [4.78, 5) is 20.4. The summed E-state index contributed by atoms with van der Waals surface area (Å²) in [7, 11) is 0. The molecule has 1 aliphatic heterocycles. The number of nitrogens with zero attached hydrogens (tertiary/aromatic N) is 2. The second-order valence-electron chi connectivity index (χ2n) is 8.95. The summed E-state index contributed by atoms with van der Waals surface area (Å²) in [5.41, 5.74) is 22.4. The average molecular weight is 452 g/mol. The van der Waals surface area contributed by atoms with Crippen LogP contribution in [0, 0.1) is 6.92 Å². The Kier molecular flexibility index (Phi) is 6.67. The van der Waals surface area contributed by atoms with Crippen molar-refractivity contribution in [3.8, 4) is 0 Å². The van der Waals surface area contributed by atoms with E-state index in [2.05, 4.69) is 49.1 Å². The first-order chi connectivity index (χ1) is 15.4. The lowest BCUT2D eigenvalue weighted by Gasteiger charge is -2.31. The van der Waals surface area contributed by atoms with Gasteiger partial charge in [-0.25, -0.2) is 4.98 Å². The number of benzene rings is 1. The number of rotatable bonds is 7. The van der Waals surface area contributed by atoms with Crippen molar-refractivity contribution in [3.05, 3.63) is 51.9 Å². The van der Waals surface area contributed by atoms with Gasteiger partial charge in [-0.1, -0.05) is 43.2 Å². The third-order valence-electron chi connectivity index (χ3n) is 6.51. The molecule has 1 unspecified atom stereocenters. The lowest BCUT2D eigenvalue weighted by Crippen LogP contribution is -2.40. The van der Waals surface area contributed by atoms with E-state index in [4.69, 9.17) is 22.2 Å². The number of anilines is 2. The van der Waals surface area contributed by atoms with Gasteiger partial charge in [-0.15, -0.1) is 11.3 Å². The Labute approximate surface area is 193 Å². The minimum atomic E-state index is -0.495. The lowest BCUT2D eigenvalue weighted by atomic mass is 9.87. The summed E-state index contributed by atoms with van der Waals surface area (Å²) in [6, 6.07) is 11.2. The summed E-state index contributed by atoms with van der Waals surface area (Å²) in [5.74, 6) is 0.812. The number of aryl methyl sites for hydroxylation is 1. The van der Waals surface area contributed by atoms with E-state index in [0.717, 1.165) is 66.8 Å². The number of hydrogen-bond acceptors (Lipinski definition) is 6. The fourth-order valence-electron chi connectivity index (χ4n) is 4.66. The SMILES string of the molecule is CCCC(Cc1cc(N2CCC(N)CC2)nc2sc(C(N)=O)c(N)c12)c1ccc(C)cc1. The predicted octanol–water partition coefficient (Wildman–Crippen LogP) is 4.34. The molecule has 6 N–H and O–H groups in total. The highest BCUT2D eigenvalue weighted by atomic mass is 32.1. The van der Waals surface area contributed by atoms with Crippen molar-refractivity contribution in [1.82, 2.24) is 4.98 Å². The van der Waals surface area contributed by atoms with Crippen molar-refractivity contribution >= 4 is 39.0 Å². The number of carbonyl (C=O) groups excluding carboxylic acids is 1. The zero-order chi connectivity index (χ0) is 22.8. The van der Waals surface area contributed by atoms with E-state index in [1.807, 2.05) is 0 Å². The number of amides is 1. The maximum Gasteiger partial charge on any atom is 0.260 e. The summed E-state index contributed by atoms with van der Waals surface area (Å²) in [6.45, 7) is 6.10. The summed E-state index contributed by atoms with van der Waals surface area (Å²) >= 11 is 1.30. The van der Waals surface area contributed by atoms with Crippen LogP contribution in [0.4, 0.5) is 11.5 Å². The Bertz CT molecular complexity index is 1100. The number of nitrogens with two attached hydrogens (primary N) is 3. The van der Waals surface area contributed by atoms with Gasteiger partial charge in [0.1, 0.15) is 15.5 Å². The molecule has 2 aromatic heterocycles. The van der Waals surface area contributed by atoms with E-state index < -0.39 is 5.91 Å². The minimum Gasteiger partial charge on any atom is -0.397 e. The van der Waals surface area contributed by atoms with Crippen molar-refractivity contribution in [3.63, 3.8) is 0 Å². The number of aromatic nitrogens is 1. The van der Waals surface area contributed by atoms with Crippen LogP contribution in [-0.2, 0) is 6.42 Å². The molecule has 4 rings (SSSR count). The zero-order valence-corrected chi connectivity index (χ0v) is 19.8. The van der Waals surface area contributed by atoms with Gasteiger partial charge in [-0.05, 0) is 55.7 Å². The first-order valence-corrected chi connectivity index (χ1v) is 12.3. The van der Waals surface area contributed by atoms with E-state index in [0.29, 0.717) is 16.5 Å². The fraction of sp³-hybridized carbons (Fsp3) is 0.440. The number of pyridine rings is 1. The van der Waals surface area contributed by atoms with Crippen molar-refractivity contribution in [2.24, 2.45) is 11.5 Å². The lowest BCUT2D eigenvalue weighted by molar-refractivity contribution is 0.100. The zero-order valence-electron chi connectivity index (χ0n) is 18.9. The molecule has 0 radical (unpaired) electrons. The highest BCUT2D eigenvalue weighted by Crippen LogP contribution is 2.39. The molecule has 32 heavy (non-hydrogen) atoms. The molecule has 1 amide bonds. The molecule has 3 heterocycles. The normalized spacial score (nSPS) is 15.9. The van der Waals surface area contributed by atoms with E-state index in [1.165, 1.54) is 22.5 Å². The van der Waals surface area contributed by atoms with E-state index in [9.17, 15) is 4.79 Å². The number of hydrogen-bond donors (Lipinski definition) is 3. The molecule has 1 atom stereocenters. The number of nitrogen functional groups attached to an aromatic ring is 1. The minimum absolute atomic E-state index is 0.253. The van der Waals surface area contributed by atoms with Crippen LogP contribution in [0.2, 0.25) is 0 Å². The maximum absolute atomic E-state index is 12.0. The van der Waals surface area contributed by atoms with Gasteiger partial charge in [0.25, 0.3) is 5.91 Å². The van der Waals surface area contributed by atoms with Crippen LogP contribution in [0.1, 0.15) is 64.9 Å². The molecule has 0 bridgehead atoms. The van der Waals surface area contributed by atoms with Gasteiger partial charge in [-0.2, -0.15) is 0 Å². The standard InChI is InChI=1S/C25H33N5OS/c1-3-4-17(16-7-5-15(2)6-8-16)13-18-14-20(30-11-9-19(26)10-12-30)29-25-21(18)22(27)23(32-25)24(28)31/h5-8,14,17,19H,3-4,9-13,26-27H2,1-2H3,(H2,28,31). The highest BCUT2D eigenvalue weighted by Gasteiger charge is 2.24. The Balaban J connectivity index is 1.79. The van der Waals surface area contributed by atoms with Crippen LogP contribution >= 0.6 is 11.3 Å². The molecular formula is C25H33N5OS. The number of piperidine rings is 1. The summed E-state index contributed by atoms with van der Waals surface area (Å²) in [6.07, 6.45) is 4.92. The van der Waals surface area contributed by atoms with Crippen LogP contribution in [0.25, 0.3) is 10.2 Å². The first-order valence-electron chi connectivity index (χ1n) is 11.5. The van der Waals surface area contributed by atoms with Crippen molar-refractivity contribution < 1.29 is 4.79 Å². The van der Waals surface area contributed by atoms with Crippen molar-refractivity contribution in [2.45, 2.75) is 57.9 Å². The molecule has 0 aliphatic carbocycles. The molecule has 1 fully saturated rings. The summed E-state index contributed by atoms with van der Waals surface area (Å²) in [5, 5.41) is 0.884. The second-order valence-corrected chi connectivity index (χ2v) is 9.95. The Hall–Kier alpha value is -2.64. The topological polar surface area (TPSA) is 111 Å². The third kappa shape index (κ3) is 4.59. The second kappa shape index (κ2) is 9.46. The molecule has 1 aromatic carbocycles. The van der Waals surface area contributed by atoms with Gasteiger partial charge in [-0.3, -0.25) is 4.79 Å². The van der Waals surface area contributed by atoms with Gasteiger partial charge in [0.2, 0.25) is 0 Å². The van der Waals surface area contributed by atoms with Gasteiger partial charge < -0.3 is 22.1 Å². The van der Waals surface area contributed by atoms with Crippen LogP contribution in [0.5, 0.6) is 0 Å². The molecule has 7 heteroatoms. The summed E-state index contributed by atoms with van der Waals surface area (Å²) < 4.78 is 0. The van der Waals surface area contributed by atoms with E-state index in [-0.39, 0.29) is 6.04 Å². The van der Waals surface area contributed by atoms with Crippen molar-refractivity contribution in [2.75, 3.05) is 23.7 Å². The van der Waals surface area contributed by atoms with Gasteiger partial charge in [0.15, 0.2) is 0 Å². The molecular weight excluding hydrogens is 418 g/mol. The molecule has 0 saturated carbocycles. The molecule has 1 saturated heterocycles. The number of carbonyl (C=O) groups is 1. The average Bonchev–Trinajstić information content (AvgIpc) is 3.11. The van der Waals surface area contributed by atoms with Gasteiger partial charge in [0.05, 0.1) is 5.69 Å². The van der Waals surface area contributed by atoms with E-state index >= 15 is 0 Å². The first kappa shape index (κ1) is 22.6. The molecule has 170 valence electrons. The van der Waals surface area contributed by atoms with Crippen LogP contribution in [-0.4, -0.2) is 30.0 Å². The highest BCUT2D eigenvalue weighted by molar-refractivity contribution is 7.21. The monoisotopic (exact) mass is 451 g/mol. The van der Waals surface area contributed by atoms with E-state index in [1.54, 1.807) is 0 Å². The molecule has 3 aromatic rings. The Morgan fingerprint density at radius 3 is 2.56 bits per heavy atom. The smallest absolute Gasteiger partial charge is 0.260 e. The number of thiophene rings is 1.